The van der Waals surface area contributed by atoms with E-state index in [0.29, 0.717) is 18.3 Å². The molecule has 0 amide bonds. The maximum atomic E-state index is 11.4. The molecular formula is C14H18O4. The fourth-order valence-corrected chi connectivity index (χ4v) is 1.38. The third-order valence-corrected chi connectivity index (χ3v) is 2.26. The second-order valence-corrected chi connectivity index (χ2v) is 4.44. The van der Waals surface area contributed by atoms with E-state index in [-0.39, 0.29) is 6.42 Å². The van der Waals surface area contributed by atoms with Crippen molar-refractivity contribution in [3.63, 3.8) is 0 Å². The molecule has 0 radical (unpaired) electrons. The van der Waals surface area contributed by atoms with Crippen LogP contribution in [0.15, 0.2) is 24.3 Å². The summed E-state index contributed by atoms with van der Waals surface area (Å²) in [6.45, 7) is 4.74. The number of benzene rings is 1. The van der Waals surface area contributed by atoms with Crippen LogP contribution >= 0.6 is 0 Å². The molecule has 0 saturated heterocycles. The molecule has 1 aromatic rings. The first-order chi connectivity index (χ1) is 8.52. The number of hydrogen-bond donors (Lipinski definition) is 0. The summed E-state index contributed by atoms with van der Waals surface area (Å²) in [7, 11) is 1.20. The van der Waals surface area contributed by atoms with Crippen molar-refractivity contribution in [1.82, 2.24) is 0 Å². The van der Waals surface area contributed by atoms with Crippen molar-refractivity contribution < 1.29 is 19.1 Å². The lowest BCUT2D eigenvalue weighted by molar-refractivity contribution is -0.151. The first kappa shape index (κ1) is 14.2. The Morgan fingerprint density at radius 1 is 1.28 bits per heavy atom. The van der Waals surface area contributed by atoms with Gasteiger partial charge in [-0.3, -0.25) is 4.79 Å². The molecule has 0 spiro atoms. The van der Waals surface area contributed by atoms with Crippen LogP contribution in [0.2, 0.25) is 0 Å². The lowest BCUT2D eigenvalue weighted by Crippen LogP contribution is -2.17. The van der Waals surface area contributed by atoms with Gasteiger partial charge < -0.3 is 9.47 Å². The Morgan fingerprint density at radius 2 is 2.00 bits per heavy atom. The van der Waals surface area contributed by atoms with Crippen molar-refractivity contribution in [2.45, 2.75) is 20.3 Å². The number of ketones is 1. The highest BCUT2D eigenvalue weighted by atomic mass is 16.5. The van der Waals surface area contributed by atoms with Crippen molar-refractivity contribution in [3.8, 4) is 5.75 Å². The topological polar surface area (TPSA) is 52.6 Å². The van der Waals surface area contributed by atoms with Gasteiger partial charge in [0.05, 0.1) is 13.7 Å². The lowest BCUT2D eigenvalue weighted by atomic mass is 10.1. The van der Waals surface area contributed by atoms with Crippen LogP contribution in [0, 0.1) is 5.92 Å². The summed E-state index contributed by atoms with van der Waals surface area (Å²) in [5.41, 5.74) is 0.742. The van der Waals surface area contributed by atoms with E-state index in [2.05, 4.69) is 18.6 Å². The number of esters is 1. The van der Waals surface area contributed by atoms with Gasteiger partial charge in [0.1, 0.15) is 5.75 Å². The van der Waals surface area contributed by atoms with Crippen LogP contribution in [0.25, 0.3) is 0 Å². The second kappa shape index (κ2) is 6.79. The van der Waals surface area contributed by atoms with Crippen molar-refractivity contribution >= 4 is 11.8 Å². The van der Waals surface area contributed by atoms with E-state index in [1.54, 1.807) is 18.2 Å². The molecule has 0 unspecified atom stereocenters. The molecule has 0 aliphatic heterocycles. The van der Waals surface area contributed by atoms with Gasteiger partial charge in [-0.25, -0.2) is 4.79 Å². The van der Waals surface area contributed by atoms with Gasteiger partial charge in [-0.2, -0.15) is 0 Å². The van der Waals surface area contributed by atoms with Gasteiger partial charge in [-0.1, -0.05) is 26.0 Å². The Labute approximate surface area is 107 Å². The Hall–Kier alpha value is -1.84. The van der Waals surface area contributed by atoms with Crippen LogP contribution in [0.1, 0.15) is 19.4 Å². The van der Waals surface area contributed by atoms with E-state index in [9.17, 15) is 9.59 Å². The van der Waals surface area contributed by atoms with Gasteiger partial charge >= 0.3 is 5.97 Å². The molecule has 4 heteroatoms. The predicted molar refractivity (Wildman–Crippen MR) is 67.5 cm³/mol. The van der Waals surface area contributed by atoms with Gasteiger partial charge in [0.25, 0.3) is 0 Å². The Kier molecular flexibility index (Phi) is 5.36. The van der Waals surface area contributed by atoms with Crippen LogP contribution in [-0.2, 0) is 20.7 Å². The number of hydrogen-bond acceptors (Lipinski definition) is 4. The van der Waals surface area contributed by atoms with E-state index >= 15 is 0 Å². The summed E-state index contributed by atoms with van der Waals surface area (Å²) in [5.74, 6) is -0.230. The quantitative estimate of drug-likeness (QED) is 0.572. The Bertz CT molecular complexity index is 424. The SMILES string of the molecule is COC(=O)C(=O)Cc1cccc(OCC(C)C)c1. The number of ether oxygens (including phenoxy) is 2. The minimum atomic E-state index is -0.816. The van der Waals surface area contributed by atoms with Crippen molar-refractivity contribution in [1.29, 1.82) is 0 Å². The smallest absolute Gasteiger partial charge is 0.374 e. The molecule has 0 aromatic heterocycles. The zero-order valence-corrected chi connectivity index (χ0v) is 10.9. The van der Waals surface area contributed by atoms with Crippen LogP contribution in [0.3, 0.4) is 0 Å². The molecule has 4 nitrogen and oxygen atoms in total. The Balaban J connectivity index is 2.64. The first-order valence-corrected chi connectivity index (χ1v) is 5.85. The minimum absolute atomic E-state index is 0.0333. The molecule has 0 fully saturated rings. The summed E-state index contributed by atoms with van der Waals surface area (Å²) in [4.78, 5) is 22.4. The summed E-state index contributed by atoms with van der Waals surface area (Å²) in [5, 5.41) is 0. The van der Waals surface area contributed by atoms with E-state index < -0.39 is 11.8 Å². The highest BCUT2D eigenvalue weighted by Gasteiger charge is 2.14. The highest BCUT2D eigenvalue weighted by molar-refractivity contribution is 6.34. The van der Waals surface area contributed by atoms with Gasteiger partial charge in [0.15, 0.2) is 0 Å². The second-order valence-electron chi connectivity index (χ2n) is 4.44. The average Bonchev–Trinajstić information content (AvgIpc) is 2.35. The third-order valence-electron chi connectivity index (χ3n) is 2.26. The van der Waals surface area contributed by atoms with Gasteiger partial charge in [-0.05, 0) is 23.6 Å². The van der Waals surface area contributed by atoms with Gasteiger partial charge in [0.2, 0.25) is 5.78 Å². The van der Waals surface area contributed by atoms with Crippen LogP contribution in [-0.4, -0.2) is 25.5 Å². The molecule has 1 rings (SSSR count). The number of carbonyl (C=O) groups excluding carboxylic acids is 2. The Morgan fingerprint density at radius 3 is 2.61 bits per heavy atom. The zero-order chi connectivity index (χ0) is 13.5. The fraction of sp³-hybridized carbons (Fsp3) is 0.429. The molecule has 98 valence electrons. The monoisotopic (exact) mass is 250 g/mol. The standard InChI is InChI=1S/C14H18O4/c1-10(2)9-18-12-6-4-5-11(7-12)8-13(15)14(16)17-3/h4-7,10H,8-9H2,1-3H3. The summed E-state index contributed by atoms with van der Waals surface area (Å²) < 4.78 is 9.92. The van der Waals surface area contributed by atoms with E-state index in [0.717, 1.165) is 5.56 Å². The van der Waals surface area contributed by atoms with Crippen molar-refractivity contribution in [3.05, 3.63) is 29.8 Å². The normalized spacial score (nSPS) is 10.2. The van der Waals surface area contributed by atoms with Crippen LogP contribution in [0.5, 0.6) is 5.75 Å². The zero-order valence-electron chi connectivity index (χ0n) is 10.9. The molecule has 0 saturated carbocycles. The maximum absolute atomic E-state index is 11.4. The molecule has 0 atom stereocenters. The molecule has 0 heterocycles. The molecular weight excluding hydrogens is 232 g/mol. The van der Waals surface area contributed by atoms with Crippen molar-refractivity contribution in [2.75, 3.05) is 13.7 Å². The van der Waals surface area contributed by atoms with Crippen molar-refractivity contribution in [2.24, 2.45) is 5.92 Å². The van der Waals surface area contributed by atoms with Gasteiger partial charge in [-0.15, -0.1) is 0 Å². The number of carbonyl (C=O) groups is 2. The molecule has 0 aliphatic rings. The maximum Gasteiger partial charge on any atom is 0.374 e. The minimum Gasteiger partial charge on any atom is -0.493 e. The molecule has 0 bridgehead atoms. The first-order valence-electron chi connectivity index (χ1n) is 5.85. The molecule has 18 heavy (non-hydrogen) atoms. The summed E-state index contributed by atoms with van der Waals surface area (Å²) >= 11 is 0. The lowest BCUT2D eigenvalue weighted by Gasteiger charge is -2.09. The number of Topliss-reactive ketones (excluding diaryl/α,β-unsaturated/α-hetero) is 1. The van der Waals surface area contributed by atoms with Crippen LogP contribution in [0.4, 0.5) is 0 Å². The van der Waals surface area contributed by atoms with Gasteiger partial charge in [0, 0.05) is 6.42 Å². The largest absolute Gasteiger partial charge is 0.493 e. The van der Waals surface area contributed by atoms with E-state index in [1.807, 2.05) is 6.07 Å². The summed E-state index contributed by atoms with van der Waals surface area (Å²) in [6, 6.07) is 7.18. The predicted octanol–water partition coefficient (Wildman–Crippen LogP) is 2.01. The van der Waals surface area contributed by atoms with E-state index in [4.69, 9.17) is 4.74 Å². The number of methoxy groups -OCH3 is 1. The molecule has 1 aromatic carbocycles. The number of rotatable bonds is 6. The molecule has 0 N–H and O–H groups in total. The van der Waals surface area contributed by atoms with Crippen LogP contribution < -0.4 is 4.74 Å². The third kappa shape index (κ3) is 4.57. The molecule has 0 aliphatic carbocycles. The fourth-order valence-electron chi connectivity index (χ4n) is 1.38. The van der Waals surface area contributed by atoms with E-state index in [1.165, 1.54) is 7.11 Å². The average molecular weight is 250 g/mol. The summed E-state index contributed by atoms with van der Waals surface area (Å²) in [6.07, 6.45) is 0.0333. The highest BCUT2D eigenvalue weighted by Crippen LogP contribution is 2.15.